The number of aromatic nitrogens is 2. The summed E-state index contributed by atoms with van der Waals surface area (Å²) in [5.74, 6) is 1.97. The third kappa shape index (κ3) is 3.57. The summed E-state index contributed by atoms with van der Waals surface area (Å²) in [4.78, 5) is 22.0. The van der Waals surface area contributed by atoms with Crippen molar-refractivity contribution in [2.24, 2.45) is 11.3 Å². The maximum Gasteiger partial charge on any atom is 0.231 e. The third-order valence-corrected chi connectivity index (χ3v) is 6.70. The highest BCUT2D eigenvalue weighted by Gasteiger charge is 2.58. The Hall–Kier alpha value is -2.25. The van der Waals surface area contributed by atoms with Crippen molar-refractivity contribution >= 4 is 5.91 Å². The van der Waals surface area contributed by atoms with Crippen molar-refractivity contribution in [1.82, 2.24) is 19.9 Å². The van der Waals surface area contributed by atoms with Crippen LogP contribution in [0, 0.1) is 18.3 Å². The predicted molar refractivity (Wildman–Crippen MR) is 106 cm³/mol. The van der Waals surface area contributed by atoms with Crippen molar-refractivity contribution in [3.05, 3.63) is 47.6 Å². The van der Waals surface area contributed by atoms with Gasteiger partial charge in [0.1, 0.15) is 0 Å². The second-order valence-corrected chi connectivity index (χ2v) is 8.83. The van der Waals surface area contributed by atoms with Crippen molar-refractivity contribution in [2.75, 3.05) is 39.4 Å². The van der Waals surface area contributed by atoms with E-state index in [2.05, 4.69) is 39.3 Å². The fourth-order valence-corrected chi connectivity index (χ4v) is 5.22. The largest absolute Gasteiger partial charge is 0.381 e. The van der Waals surface area contributed by atoms with Crippen LogP contribution in [-0.2, 0) is 16.1 Å². The number of likely N-dealkylation sites (tertiary alicyclic amines) is 2. The van der Waals surface area contributed by atoms with Crippen molar-refractivity contribution in [2.45, 2.75) is 32.2 Å². The number of aryl methyl sites for hydroxylation is 1. The van der Waals surface area contributed by atoms with Gasteiger partial charge in [0.25, 0.3) is 0 Å². The lowest BCUT2D eigenvalue weighted by Gasteiger charge is -2.51. The van der Waals surface area contributed by atoms with E-state index in [0.717, 1.165) is 51.5 Å². The molecular formula is C22H28N4O3. The number of hydrogen-bond donors (Lipinski definition) is 0. The Labute approximate surface area is 171 Å². The summed E-state index contributed by atoms with van der Waals surface area (Å²) >= 11 is 0. The van der Waals surface area contributed by atoms with E-state index in [9.17, 15) is 4.79 Å². The van der Waals surface area contributed by atoms with Gasteiger partial charge in [-0.3, -0.25) is 9.69 Å². The molecule has 1 aromatic heterocycles. The number of carbonyl (C=O) groups is 1. The van der Waals surface area contributed by atoms with E-state index in [1.807, 2.05) is 17.9 Å². The molecule has 5 rings (SSSR count). The van der Waals surface area contributed by atoms with Gasteiger partial charge in [-0.1, -0.05) is 35.5 Å². The van der Waals surface area contributed by atoms with Gasteiger partial charge in [-0.2, -0.15) is 4.98 Å². The maximum atomic E-state index is 12.9. The third-order valence-electron chi connectivity index (χ3n) is 6.70. The van der Waals surface area contributed by atoms with Crippen LogP contribution in [0.25, 0.3) is 0 Å². The number of benzene rings is 1. The topological polar surface area (TPSA) is 71.7 Å². The molecule has 154 valence electrons. The summed E-state index contributed by atoms with van der Waals surface area (Å²) in [6.45, 7) is 7.55. The molecule has 1 unspecified atom stereocenters. The molecule has 3 aliphatic rings. The van der Waals surface area contributed by atoms with E-state index in [-0.39, 0.29) is 17.3 Å². The molecule has 4 heterocycles. The van der Waals surface area contributed by atoms with Crippen molar-refractivity contribution in [1.29, 1.82) is 0 Å². The molecule has 0 saturated carbocycles. The summed E-state index contributed by atoms with van der Waals surface area (Å²) in [5, 5.41) is 4.02. The molecule has 0 radical (unpaired) electrons. The number of amides is 1. The Balaban J connectivity index is 1.32. The van der Waals surface area contributed by atoms with E-state index >= 15 is 0 Å². The minimum absolute atomic E-state index is 0.00851. The van der Waals surface area contributed by atoms with Gasteiger partial charge in [-0.15, -0.1) is 0 Å². The molecule has 3 aliphatic heterocycles. The van der Waals surface area contributed by atoms with Crippen LogP contribution >= 0.6 is 0 Å². The monoisotopic (exact) mass is 396 g/mol. The Morgan fingerprint density at radius 3 is 2.62 bits per heavy atom. The number of carbonyl (C=O) groups excluding carboxylic acids is 1. The van der Waals surface area contributed by atoms with Crippen LogP contribution < -0.4 is 0 Å². The molecular weight excluding hydrogens is 368 g/mol. The zero-order chi connectivity index (χ0) is 19.8. The molecule has 0 aliphatic carbocycles. The molecule has 1 atom stereocenters. The average molecular weight is 396 g/mol. The number of nitrogens with zero attached hydrogens (tertiary/aromatic N) is 4. The van der Waals surface area contributed by atoms with Crippen LogP contribution in [0.15, 0.2) is 34.9 Å². The molecule has 29 heavy (non-hydrogen) atoms. The Bertz CT molecular complexity index is 856. The lowest BCUT2D eigenvalue weighted by atomic mass is 9.71. The van der Waals surface area contributed by atoms with Gasteiger partial charge in [0.15, 0.2) is 5.82 Å². The first-order valence-corrected chi connectivity index (χ1v) is 10.6. The summed E-state index contributed by atoms with van der Waals surface area (Å²) in [5.41, 5.74) is 1.31. The lowest BCUT2D eigenvalue weighted by Crippen LogP contribution is -2.62. The number of hydrogen-bond acceptors (Lipinski definition) is 6. The molecule has 1 amide bonds. The van der Waals surface area contributed by atoms with Crippen molar-refractivity contribution < 1.29 is 14.1 Å². The summed E-state index contributed by atoms with van der Waals surface area (Å²) < 4.78 is 11.0. The van der Waals surface area contributed by atoms with Gasteiger partial charge in [0, 0.05) is 57.3 Å². The normalized spacial score (nSPS) is 24.7. The van der Waals surface area contributed by atoms with Crippen LogP contribution in [-0.4, -0.2) is 65.2 Å². The first-order valence-electron chi connectivity index (χ1n) is 10.6. The minimum atomic E-state index is 0.00851. The number of ether oxygens (including phenoxy) is 1. The fraction of sp³-hybridized carbons (Fsp3) is 0.591. The SMILES string of the molecule is Cc1noc(C2CN(Cc3ccccc3)CC23CN(C(=O)C2CCOCC2)C3)n1. The zero-order valence-corrected chi connectivity index (χ0v) is 16.9. The number of rotatable bonds is 4. The van der Waals surface area contributed by atoms with E-state index in [0.29, 0.717) is 24.9 Å². The summed E-state index contributed by atoms with van der Waals surface area (Å²) in [7, 11) is 0. The van der Waals surface area contributed by atoms with Crippen LogP contribution in [0.5, 0.6) is 0 Å². The smallest absolute Gasteiger partial charge is 0.231 e. The van der Waals surface area contributed by atoms with Gasteiger partial charge < -0.3 is 14.2 Å². The molecule has 1 spiro atoms. The highest BCUT2D eigenvalue weighted by atomic mass is 16.5. The van der Waals surface area contributed by atoms with E-state index in [1.54, 1.807) is 0 Å². The second-order valence-electron chi connectivity index (χ2n) is 8.83. The Kier molecular flexibility index (Phi) is 4.87. The predicted octanol–water partition coefficient (Wildman–Crippen LogP) is 2.23. The van der Waals surface area contributed by atoms with E-state index < -0.39 is 0 Å². The van der Waals surface area contributed by atoms with Crippen LogP contribution in [0.2, 0.25) is 0 Å². The molecule has 2 aromatic rings. The molecule has 3 saturated heterocycles. The van der Waals surface area contributed by atoms with Gasteiger partial charge in [-0.25, -0.2) is 0 Å². The van der Waals surface area contributed by atoms with Gasteiger partial charge in [-0.05, 0) is 25.3 Å². The Morgan fingerprint density at radius 1 is 1.17 bits per heavy atom. The molecule has 7 heteroatoms. The zero-order valence-electron chi connectivity index (χ0n) is 16.9. The van der Waals surface area contributed by atoms with Crippen LogP contribution in [0.1, 0.15) is 36.0 Å². The highest BCUT2D eigenvalue weighted by molar-refractivity contribution is 5.80. The van der Waals surface area contributed by atoms with Gasteiger partial charge in [0.05, 0.1) is 5.92 Å². The van der Waals surface area contributed by atoms with E-state index in [1.165, 1.54) is 5.56 Å². The molecule has 1 aromatic carbocycles. The first-order chi connectivity index (χ1) is 14.1. The Morgan fingerprint density at radius 2 is 1.93 bits per heavy atom. The highest BCUT2D eigenvalue weighted by Crippen LogP contribution is 2.49. The molecule has 3 fully saturated rings. The van der Waals surface area contributed by atoms with Gasteiger partial charge in [0.2, 0.25) is 11.8 Å². The summed E-state index contributed by atoms with van der Waals surface area (Å²) in [6, 6.07) is 10.5. The lowest BCUT2D eigenvalue weighted by molar-refractivity contribution is -0.151. The van der Waals surface area contributed by atoms with Crippen molar-refractivity contribution in [3.8, 4) is 0 Å². The van der Waals surface area contributed by atoms with Gasteiger partial charge >= 0.3 is 0 Å². The molecule has 0 bridgehead atoms. The summed E-state index contributed by atoms with van der Waals surface area (Å²) in [6.07, 6.45) is 1.68. The first kappa shape index (κ1) is 18.8. The maximum absolute atomic E-state index is 12.9. The quantitative estimate of drug-likeness (QED) is 0.789. The standard InChI is InChI=1S/C22H28N4O3/c1-16-23-20(29-24-16)19-12-25(11-17-5-3-2-4-6-17)13-22(19)14-26(15-22)21(27)18-7-9-28-10-8-18/h2-6,18-19H,7-15H2,1H3. The average Bonchev–Trinajstić information content (AvgIpc) is 3.31. The van der Waals surface area contributed by atoms with Crippen molar-refractivity contribution in [3.63, 3.8) is 0 Å². The molecule has 0 N–H and O–H groups in total. The van der Waals surface area contributed by atoms with E-state index in [4.69, 9.17) is 9.26 Å². The fourth-order valence-electron chi connectivity index (χ4n) is 5.22. The minimum Gasteiger partial charge on any atom is -0.381 e. The van der Waals surface area contributed by atoms with Crippen LogP contribution in [0.4, 0.5) is 0 Å². The second kappa shape index (κ2) is 7.54. The van der Waals surface area contributed by atoms with Crippen LogP contribution in [0.3, 0.4) is 0 Å². The molecule has 7 nitrogen and oxygen atoms in total.